The Kier molecular flexibility index (Phi) is 8.67. The minimum Gasteiger partial charge on any atom is -0.456 e. The summed E-state index contributed by atoms with van der Waals surface area (Å²) < 4.78 is 17.8. The van der Waals surface area contributed by atoms with Crippen LogP contribution in [-0.2, 0) is 23.8 Å². The third-order valence-electron chi connectivity index (χ3n) is 10.5. The van der Waals surface area contributed by atoms with Crippen molar-refractivity contribution in [3.63, 3.8) is 0 Å². The van der Waals surface area contributed by atoms with Crippen LogP contribution in [-0.4, -0.2) is 91.3 Å². The van der Waals surface area contributed by atoms with Gasteiger partial charge in [0.2, 0.25) is 0 Å². The SMILES string of the molecule is CC[C@@]1(OC(C)=O)C2C(OC(=O)c3ccccc3)[C@]3(O)C[C@H](O)C(C)=C([C@@H](OC(C)=O)[C@@H](O)[C@]2(C)[C@@H](O)C[C@H]1O)C3(C)C. The van der Waals surface area contributed by atoms with Crippen molar-refractivity contribution in [1.29, 1.82) is 0 Å². The fraction of sp³-hybridized carbons (Fsp3) is 0.656. The average Bonchev–Trinajstić information content (AvgIpc) is 2.92. The van der Waals surface area contributed by atoms with E-state index in [0.29, 0.717) is 5.57 Å². The topological polar surface area (TPSA) is 180 Å². The zero-order chi connectivity index (χ0) is 32.3. The van der Waals surface area contributed by atoms with E-state index in [4.69, 9.17) is 14.2 Å². The Hall–Kier alpha value is -2.83. The Bertz CT molecular complexity index is 1290. The highest BCUT2D eigenvalue weighted by Crippen LogP contribution is 2.63. The number of hydrogen-bond donors (Lipinski definition) is 5. The summed E-state index contributed by atoms with van der Waals surface area (Å²) in [7, 11) is 0. The van der Waals surface area contributed by atoms with Crippen molar-refractivity contribution in [3.8, 4) is 0 Å². The lowest BCUT2D eigenvalue weighted by molar-refractivity contribution is -0.311. The number of rotatable bonds is 5. The number of fused-ring (bicyclic) bond motifs is 3. The van der Waals surface area contributed by atoms with Gasteiger partial charge in [0.25, 0.3) is 0 Å². The van der Waals surface area contributed by atoms with Gasteiger partial charge in [-0.25, -0.2) is 4.79 Å². The third-order valence-corrected chi connectivity index (χ3v) is 10.5. The van der Waals surface area contributed by atoms with Crippen LogP contribution in [0.4, 0.5) is 0 Å². The van der Waals surface area contributed by atoms with Crippen LogP contribution in [0.3, 0.4) is 0 Å². The van der Waals surface area contributed by atoms with Crippen LogP contribution in [0.25, 0.3) is 0 Å². The Morgan fingerprint density at radius 1 is 0.930 bits per heavy atom. The second kappa shape index (κ2) is 11.3. The van der Waals surface area contributed by atoms with E-state index in [-0.39, 0.29) is 30.4 Å². The van der Waals surface area contributed by atoms with Crippen molar-refractivity contribution < 1.29 is 54.1 Å². The molecule has 10 atom stereocenters. The molecule has 3 aliphatic rings. The maximum absolute atomic E-state index is 13.8. The number of benzene rings is 1. The van der Waals surface area contributed by atoms with Crippen LogP contribution in [0.2, 0.25) is 0 Å². The van der Waals surface area contributed by atoms with Gasteiger partial charge in [-0.15, -0.1) is 0 Å². The maximum atomic E-state index is 13.8. The van der Waals surface area contributed by atoms with E-state index in [1.165, 1.54) is 19.1 Å². The first kappa shape index (κ1) is 33.1. The van der Waals surface area contributed by atoms with Gasteiger partial charge in [-0.2, -0.15) is 0 Å². The Labute approximate surface area is 251 Å². The van der Waals surface area contributed by atoms with Crippen LogP contribution in [0, 0.1) is 16.7 Å². The molecule has 2 unspecified atom stereocenters. The standard InChI is InChI=1S/C32H44O11/c1-8-31(43-18(4)34)22(37)14-21(36)30(7)25(31)27(42-28(39)19-12-10-9-11-13-19)32(40)15-20(35)16(2)23(29(32,5)6)24(26(30)38)41-17(3)33/h9-13,20-22,24-27,35-38,40H,8,14-15H2,1-7H3/t20-,21-,22+,24+,25?,26+,27?,30+,31-,32+/m0/s1. The summed E-state index contributed by atoms with van der Waals surface area (Å²) in [6, 6.07) is 7.99. The molecular formula is C32H44O11. The van der Waals surface area contributed by atoms with Crippen molar-refractivity contribution >= 4 is 17.9 Å². The average molecular weight is 605 g/mol. The van der Waals surface area contributed by atoms with Gasteiger partial charge in [0.15, 0.2) is 6.10 Å². The second-order valence-corrected chi connectivity index (χ2v) is 13.0. The molecule has 11 heteroatoms. The zero-order valence-corrected chi connectivity index (χ0v) is 25.7. The highest BCUT2D eigenvalue weighted by Gasteiger charge is 2.75. The third kappa shape index (κ3) is 4.89. The minimum absolute atomic E-state index is 0.0636. The summed E-state index contributed by atoms with van der Waals surface area (Å²) in [5.41, 5.74) is -6.61. The number of hydrogen-bond acceptors (Lipinski definition) is 11. The first-order valence-electron chi connectivity index (χ1n) is 14.7. The molecule has 1 aromatic carbocycles. The molecule has 0 amide bonds. The van der Waals surface area contributed by atoms with Gasteiger partial charge in [-0.05, 0) is 36.6 Å². The Morgan fingerprint density at radius 2 is 1.53 bits per heavy atom. The lowest BCUT2D eigenvalue weighted by Crippen LogP contribution is -2.78. The largest absolute Gasteiger partial charge is 0.456 e. The predicted octanol–water partition coefficient (Wildman–Crippen LogP) is 1.82. The molecule has 2 saturated carbocycles. The molecular weight excluding hydrogens is 560 g/mol. The molecule has 2 fully saturated rings. The first-order valence-corrected chi connectivity index (χ1v) is 14.7. The summed E-state index contributed by atoms with van der Waals surface area (Å²) in [6.45, 7) is 10.3. The van der Waals surface area contributed by atoms with Gasteiger partial charge in [0.1, 0.15) is 23.4 Å². The molecule has 238 valence electrons. The normalized spacial score (nSPS) is 40.4. The van der Waals surface area contributed by atoms with Crippen molar-refractivity contribution in [3.05, 3.63) is 47.0 Å². The molecule has 0 aromatic heterocycles. The first-order chi connectivity index (χ1) is 19.9. The van der Waals surface area contributed by atoms with E-state index in [0.717, 1.165) is 13.8 Å². The van der Waals surface area contributed by atoms with Crippen LogP contribution in [0.1, 0.15) is 78.1 Å². The molecule has 43 heavy (non-hydrogen) atoms. The van der Waals surface area contributed by atoms with E-state index in [9.17, 15) is 39.9 Å². The number of carbonyl (C=O) groups is 3. The van der Waals surface area contributed by atoms with Gasteiger partial charge >= 0.3 is 17.9 Å². The van der Waals surface area contributed by atoms with Crippen molar-refractivity contribution in [2.75, 3.05) is 0 Å². The van der Waals surface area contributed by atoms with Crippen LogP contribution in [0.5, 0.6) is 0 Å². The van der Waals surface area contributed by atoms with Gasteiger partial charge in [-0.1, -0.05) is 45.9 Å². The highest BCUT2D eigenvalue weighted by molar-refractivity contribution is 5.89. The van der Waals surface area contributed by atoms with Gasteiger partial charge in [0.05, 0.1) is 29.8 Å². The summed E-state index contributed by atoms with van der Waals surface area (Å²) in [6.07, 6.45) is -9.98. The lowest BCUT2D eigenvalue weighted by Gasteiger charge is -2.66. The fourth-order valence-electron chi connectivity index (χ4n) is 8.14. The van der Waals surface area contributed by atoms with E-state index in [1.807, 2.05) is 0 Å². The molecule has 2 bridgehead atoms. The quantitative estimate of drug-likeness (QED) is 0.188. The van der Waals surface area contributed by atoms with E-state index < -0.39 is 82.5 Å². The summed E-state index contributed by atoms with van der Waals surface area (Å²) in [5, 5.41) is 59.8. The predicted molar refractivity (Wildman–Crippen MR) is 152 cm³/mol. The van der Waals surface area contributed by atoms with E-state index in [2.05, 4.69) is 0 Å². The van der Waals surface area contributed by atoms with Gasteiger partial charge in [-0.3, -0.25) is 9.59 Å². The van der Waals surface area contributed by atoms with Crippen molar-refractivity contribution in [1.82, 2.24) is 0 Å². The van der Waals surface area contributed by atoms with Crippen molar-refractivity contribution in [2.45, 2.75) is 116 Å². The minimum atomic E-state index is -2.16. The summed E-state index contributed by atoms with van der Waals surface area (Å²) in [5.74, 6) is -3.87. The molecule has 11 nitrogen and oxygen atoms in total. The molecule has 4 rings (SSSR count). The van der Waals surface area contributed by atoms with Crippen LogP contribution in [0.15, 0.2) is 41.5 Å². The zero-order valence-electron chi connectivity index (χ0n) is 25.7. The van der Waals surface area contributed by atoms with E-state index in [1.54, 1.807) is 45.9 Å². The molecule has 0 saturated heterocycles. The smallest absolute Gasteiger partial charge is 0.338 e. The van der Waals surface area contributed by atoms with Gasteiger partial charge in [0, 0.05) is 37.5 Å². The van der Waals surface area contributed by atoms with Crippen LogP contribution < -0.4 is 0 Å². The van der Waals surface area contributed by atoms with Crippen LogP contribution >= 0.6 is 0 Å². The number of aliphatic hydroxyl groups excluding tert-OH is 4. The molecule has 5 N–H and O–H groups in total. The summed E-state index contributed by atoms with van der Waals surface area (Å²) in [4.78, 5) is 38.9. The molecule has 0 radical (unpaired) electrons. The highest BCUT2D eigenvalue weighted by atomic mass is 16.6. The number of aliphatic hydroxyl groups is 5. The lowest BCUT2D eigenvalue weighted by atomic mass is 9.44. The second-order valence-electron chi connectivity index (χ2n) is 13.0. The Balaban J connectivity index is 2.14. The van der Waals surface area contributed by atoms with E-state index >= 15 is 0 Å². The van der Waals surface area contributed by atoms with Gasteiger partial charge < -0.3 is 39.7 Å². The number of ether oxygens (including phenoxy) is 3. The Morgan fingerprint density at radius 3 is 2.07 bits per heavy atom. The molecule has 0 aliphatic heterocycles. The number of esters is 3. The molecule has 0 spiro atoms. The van der Waals surface area contributed by atoms with Crippen molar-refractivity contribution in [2.24, 2.45) is 16.7 Å². The monoisotopic (exact) mass is 604 g/mol. The molecule has 3 aliphatic carbocycles. The summed E-state index contributed by atoms with van der Waals surface area (Å²) >= 11 is 0. The molecule has 1 aromatic rings. The molecule has 0 heterocycles. The number of carbonyl (C=O) groups excluding carboxylic acids is 3. The fourth-order valence-corrected chi connectivity index (χ4v) is 8.14. The maximum Gasteiger partial charge on any atom is 0.338 e.